The largest absolute Gasteiger partial charge is 0.387 e. The lowest BCUT2D eigenvalue weighted by Crippen LogP contribution is -2.14. The van der Waals surface area contributed by atoms with E-state index in [1.807, 2.05) is 0 Å². The highest BCUT2D eigenvalue weighted by Crippen LogP contribution is 2.28. The lowest BCUT2D eigenvalue weighted by Gasteiger charge is -1.98. The van der Waals surface area contributed by atoms with E-state index in [0.717, 1.165) is 31.8 Å². The summed E-state index contributed by atoms with van der Waals surface area (Å²) < 4.78 is 4.93. The number of ether oxygens (including phenoxy) is 1. The number of hydrogen-bond acceptors (Lipinski definition) is 2. The minimum atomic E-state index is 0.618. The van der Waals surface area contributed by atoms with Gasteiger partial charge in [0.05, 0.1) is 5.84 Å². The maximum Gasteiger partial charge on any atom is 0.0968 e. The van der Waals surface area contributed by atoms with E-state index >= 15 is 0 Å². The Morgan fingerprint density at radius 3 is 2.83 bits per heavy atom. The number of hydrogen-bond donors (Lipinski definition) is 1. The van der Waals surface area contributed by atoms with Crippen molar-refractivity contribution in [1.82, 2.24) is 0 Å². The van der Waals surface area contributed by atoms with Gasteiger partial charge in [0.25, 0.3) is 0 Å². The third-order valence-corrected chi connectivity index (χ3v) is 2.05. The van der Waals surface area contributed by atoms with Crippen LogP contribution in [0.1, 0.15) is 25.7 Å². The summed E-state index contributed by atoms with van der Waals surface area (Å²) in [6.45, 7) is 1.70. The van der Waals surface area contributed by atoms with Crippen LogP contribution < -0.4 is 5.73 Å². The van der Waals surface area contributed by atoms with Crippen LogP contribution in [0.25, 0.3) is 0 Å². The molecule has 0 amide bonds. The van der Waals surface area contributed by atoms with Crippen molar-refractivity contribution in [3.8, 4) is 0 Å². The molecule has 1 aliphatic carbocycles. The first kappa shape index (κ1) is 9.52. The van der Waals surface area contributed by atoms with Crippen molar-refractivity contribution in [3.05, 3.63) is 0 Å². The Bertz CT molecular complexity index is 153. The second-order valence-electron chi connectivity index (χ2n) is 3.28. The van der Waals surface area contributed by atoms with Gasteiger partial charge in [-0.05, 0) is 25.7 Å². The van der Waals surface area contributed by atoms with Gasteiger partial charge in [0.1, 0.15) is 0 Å². The molecule has 0 heterocycles. The lowest BCUT2D eigenvalue weighted by molar-refractivity contribution is 0.193. The number of amidine groups is 1. The Morgan fingerprint density at radius 2 is 2.25 bits per heavy atom. The third kappa shape index (κ3) is 3.72. The molecule has 0 aromatic carbocycles. The van der Waals surface area contributed by atoms with Crippen LogP contribution >= 0.6 is 0 Å². The molecule has 12 heavy (non-hydrogen) atoms. The van der Waals surface area contributed by atoms with Crippen molar-refractivity contribution in [2.45, 2.75) is 25.7 Å². The maximum atomic E-state index is 5.71. The Kier molecular flexibility index (Phi) is 4.08. The van der Waals surface area contributed by atoms with Crippen molar-refractivity contribution in [1.29, 1.82) is 0 Å². The zero-order valence-corrected chi connectivity index (χ0v) is 7.75. The average Bonchev–Trinajstić information content (AvgIpc) is 2.86. The molecule has 0 spiro atoms. The quantitative estimate of drug-likeness (QED) is 0.369. The van der Waals surface area contributed by atoms with E-state index in [1.54, 1.807) is 7.11 Å². The molecule has 1 fully saturated rings. The molecule has 0 aromatic heterocycles. The van der Waals surface area contributed by atoms with E-state index in [1.165, 1.54) is 12.8 Å². The highest BCUT2D eigenvalue weighted by molar-refractivity contribution is 5.84. The molecule has 2 N–H and O–H groups in total. The number of rotatable bonds is 6. The fourth-order valence-electron chi connectivity index (χ4n) is 1.07. The van der Waals surface area contributed by atoms with Gasteiger partial charge in [-0.1, -0.05) is 0 Å². The van der Waals surface area contributed by atoms with Crippen LogP contribution in [-0.4, -0.2) is 26.1 Å². The van der Waals surface area contributed by atoms with Crippen molar-refractivity contribution < 1.29 is 4.74 Å². The van der Waals surface area contributed by atoms with Gasteiger partial charge in [-0.25, -0.2) is 0 Å². The molecule has 1 aliphatic rings. The van der Waals surface area contributed by atoms with E-state index in [-0.39, 0.29) is 0 Å². The van der Waals surface area contributed by atoms with Crippen molar-refractivity contribution in [2.24, 2.45) is 16.6 Å². The van der Waals surface area contributed by atoms with Crippen LogP contribution in [0.15, 0.2) is 4.99 Å². The van der Waals surface area contributed by atoms with Crippen molar-refractivity contribution >= 4 is 5.84 Å². The average molecular weight is 170 g/mol. The molecule has 3 nitrogen and oxygen atoms in total. The highest BCUT2D eigenvalue weighted by atomic mass is 16.5. The fourth-order valence-corrected chi connectivity index (χ4v) is 1.07. The van der Waals surface area contributed by atoms with Crippen LogP contribution in [-0.2, 0) is 4.74 Å². The maximum absolute atomic E-state index is 5.71. The smallest absolute Gasteiger partial charge is 0.0968 e. The molecule has 1 saturated carbocycles. The molecule has 0 bridgehead atoms. The predicted molar refractivity (Wildman–Crippen MR) is 50.3 cm³/mol. The molecule has 1 rings (SSSR count). The SMILES string of the molecule is COCCCCN=C(N)C1CC1. The molecule has 3 heteroatoms. The molecular weight excluding hydrogens is 152 g/mol. The second kappa shape index (κ2) is 5.14. The molecule has 0 aliphatic heterocycles. The Hall–Kier alpha value is -0.570. The topological polar surface area (TPSA) is 47.6 Å². The summed E-state index contributed by atoms with van der Waals surface area (Å²) in [5.41, 5.74) is 5.71. The minimum absolute atomic E-state index is 0.618. The van der Waals surface area contributed by atoms with Crippen LogP contribution in [0.5, 0.6) is 0 Å². The predicted octanol–water partition coefficient (Wildman–Crippen LogP) is 1.18. The number of nitrogens with zero attached hydrogens (tertiary/aromatic N) is 1. The Labute approximate surface area is 74.0 Å². The molecule has 70 valence electrons. The summed E-state index contributed by atoms with van der Waals surface area (Å²) >= 11 is 0. The first-order valence-electron chi connectivity index (χ1n) is 4.63. The summed E-state index contributed by atoms with van der Waals surface area (Å²) in [5.74, 6) is 1.49. The van der Waals surface area contributed by atoms with E-state index in [2.05, 4.69) is 4.99 Å². The monoisotopic (exact) mass is 170 g/mol. The lowest BCUT2D eigenvalue weighted by atomic mass is 10.3. The van der Waals surface area contributed by atoms with Gasteiger partial charge in [-0.3, -0.25) is 4.99 Å². The van der Waals surface area contributed by atoms with Gasteiger partial charge in [0.2, 0.25) is 0 Å². The Balaban J connectivity index is 1.96. The zero-order chi connectivity index (χ0) is 8.81. The van der Waals surface area contributed by atoms with Crippen molar-refractivity contribution in [3.63, 3.8) is 0 Å². The third-order valence-electron chi connectivity index (χ3n) is 2.05. The number of aliphatic imine (C=N–C) groups is 1. The van der Waals surface area contributed by atoms with Gasteiger partial charge in [-0.2, -0.15) is 0 Å². The zero-order valence-electron chi connectivity index (χ0n) is 7.75. The van der Waals surface area contributed by atoms with E-state index in [9.17, 15) is 0 Å². The molecular formula is C9H18N2O. The van der Waals surface area contributed by atoms with Crippen LogP contribution in [0.2, 0.25) is 0 Å². The second-order valence-corrected chi connectivity index (χ2v) is 3.28. The van der Waals surface area contributed by atoms with Gasteiger partial charge >= 0.3 is 0 Å². The molecule has 0 unspecified atom stereocenters. The Morgan fingerprint density at radius 1 is 1.50 bits per heavy atom. The standard InChI is InChI=1S/C9H18N2O/c1-12-7-3-2-6-11-9(10)8-4-5-8/h8H,2-7H2,1H3,(H2,10,11). The van der Waals surface area contributed by atoms with Crippen LogP contribution in [0.4, 0.5) is 0 Å². The van der Waals surface area contributed by atoms with E-state index in [0.29, 0.717) is 5.92 Å². The van der Waals surface area contributed by atoms with E-state index in [4.69, 9.17) is 10.5 Å². The molecule has 0 saturated heterocycles. The van der Waals surface area contributed by atoms with Crippen LogP contribution in [0, 0.1) is 5.92 Å². The van der Waals surface area contributed by atoms with Gasteiger partial charge in [0.15, 0.2) is 0 Å². The fraction of sp³-hybridized carbons (Fsp3) is 0.889. The summed E-state index contributed by atoms with van der Waals surface area (Å²) in [7, 11) is 1.72. The van der Waals surface area contributed by atoms with Gasteiger partial charge in [0, 0.05) is 26.2 Å². The number of methoxy groups -OCH3 is 1. The molecule has 0 aromatic rings. The summed E-state index contributed by atoms with van der Waals surface area (Å²) in [6.07, 6.45) is 4.65. The summed E-state index contributed by atoms with van der Waals surface area (Å²) in [6, 6.07) is 0. The number of nitrogens with two attached hydrogens (primary N) is 1. The minimum Gasteiger partial charge on any atom is -0.387 e. The number of unbranched alkanes of at least 4 members (excludes halogenated alkanes) is 1. The first-order valence-corrected chi connectivity index (χ1v) is 4.63. The summed E-state index contributed by atoms with van der Waals surface area (Å²) in [5, 5.41) is 0. The van der Waals surface area contributed by atoms with E-state index < -0.39 is 0 Å². The highest BCUT2D eigenvalue weighted by Gasteiger charge is 2.24. The van der Waals surface area contributed by atoms with Gasteiger partial charge < -0.3 is 10.5 Å². The molecule has 0 radical (unpaired) electrons. The van der Waals surface area contributed by atoms with Crippen LogP contribution in [0.3, 0.4) is 0 Å². The summed E-state index contributed by atoms with van der Waals surface area (Å²) in [4.78, 5) is 4.30. The normalized spacial score (nSPS) is 18.2. The van der Waals surface area contributed by atoms with Gasteiger partial charge in [-0.15, -0.1) is 0 Å². The molecule has 0 atom stereocenters. The first-order chi connectivity index (χ1) is 5.84. The van der Waals surface area contributed by atoms with Crippen molar-refractivity contribution in [2.75, 3.05) is 20.3 Å².